The Morgan fingerprint density at radius 3 is 2.04 bits per heavy atom. The van der Waals surface area contributed by atoms with Crippen LogP contribution in [0.5, 0.6) is 0 Å². The molecule has 0 aliphatic heterocycles. The molecule has 3 rings (SSSR count). The molecule has 0 saturated carbocycles. The van der Waals surface area contributed by atoms with Crippen LogP contribution in [0.15, 0.2) is 78.9 Å². The summed E-state index contributed by atoms with van der Waals surface area (Å²) in [4.78, 5) is 25.2. The van der Waals surface area contributed by atoms with Gasteiger partial charge >= 0.3 is 0 Å². The number of rotatable bonds is 5. The first-order chi connectivity index (χ1) is 13.0. The number of benzene rings is 3. The summed E-state index contributed by atoms with van der Waals surface area (Å²) in [6, 6.07) is 19.2. The van der Waals surface area contributed by atoms with Gasteiger partial charge in [0, 0.05) is 17.3 Å². The monoisotopic (exact) mass is 366 g/mol. The van der Waals surface area contributed by atoms with E-state index in [0.29, 0.717) is 11.1 Å². The van der Waals surface area contributed by atoms with Gasteiger partial charge in [-0.25, -0.2) is 8.78 Å². The second-order valence-corrected chi connectivity index (χ2v) is 5.80. The highest BCUT2D eigenvalue weighted by Crippen LogP contribution is 2.18. The summed E-state index contributed by atoms with van der Waals surface area (Å²) in [6.07, 6.45) is 0. The van der Waals surface area contributed by atoms with E-state index in [2.05, 4.69) is 10.6 Å². The number of carbonyl (C=O) groups is 2. The lowest BCUT2D eigenvalue weighted by Crippen LogP contribution is -2.37. The molecule has 0 fully saturated rings. The molecule has 0 bridgehead atoms. The van der Waals surface area contributed by atoms with Gasteiger partial charge in [0.05, 0.1) is 0 Å². The van der Waals surface area contributed by atoms with Crippen LogP contribution in [0.2, 0.25) is 0 Å². The number of amides is 2. The van der Waals surface area contributed by atoms with Crippen LogP contribution in [0.25, 0.3) is 0 Å². The minimum Gasteiger partial charge on any atom is -0.336 e. The van der Waals surface area contributed by atoms with Gasteiger partial charge < -0.3 is 10.6 Å². The van der Waals surface area contributed by atoms with Gasteiger partial charge in [0.1, 0.15) is 6.04 Å². The summed E-state index contributed by atoms with van der Waals surface area (Å²) in [5.41, 5.74) is 1.05. The molecule has 0 radical (unpaired) electrons. The standard InChI is InChI=1S/C21H16F2N2O2/c22-17-12-11-16(13-18(17)23)24-21(27)19(14-7-3-1-4-8-14)25-20(26)15-9-5-2-6-10-15/h1-13,19H,(H,24,27)(H,25,26). The van der Waals surface area contributed by atoms with Gasteiger partial charge in [0.2, 0.25) is 0 Å². The van der Waals surface area contributed by atoms with E-state index in [1.807, 2.05) is 0 Å². The Morgan fingerprint density at radius 1 is 0.778 bits per heavy atom. The van der Waals surface area contributed by atoms with Gasteiger partial charge in [-0.15, -0.1) is 0 Å². The molecule has 3 aromatic rings. The summed E-state index contributed by atoms with van der Waals surface area (Å²) >= 11 is 0. The van der Waals surface area contributed by atoms with Crippen LogP contribution < -0.4 is 10.6 Å². The van der Waals surface area contributed by atoms with E-state index in [4.69, 9.17) is 0 Å². The molecule has 4 nitrogen and oxygen atoms in total. The number of anilines is 1. The Kier molecular flexibility index (Phi) is 5.56. The Labute approximate surface area is 154 Å². The molecule has 2 amide bonds. The minimum absolute atomic E-state index is 0.0915. The molecule has 0 aliphatic carbocycles. The zero-order chi connectivity index (χ0) is 19.2. The Balaban J connectivity index is 1.84. The fraction of sp³-hybridized carbons (Fsp3) is 0.0476. The SMILES string of the molecule is O=C(NC(C(=O)Nc1ccc(F)c(F)c1)c1ccccc1)c1ccccc1. The summed E-state index contributed by atoms with van der Waals surface area (Å²) in [7, 11) is 0. The first kappa shape index (κ1) is 18.3. The highest BCUT2D eigenvalue weighted by Gasteiger charge is 2.23. The second-order valence-electron chi connectivity index (χ2n) is 5.80. The van der Waals surface area contributed by atoms with Crippen molar-refractivity contribution in [3.8, 4) is 0 Å². The predicted octanol–water partition coefficient (Wildman–Crippen LogP) is 4.07. The molecule has 3 aromatic carbocycles. The Bertz CT molecular complexity index is 947. The molecular formula is C21H16F2N2O2. The van der Waals surface area contributed by atoms with E-state index in [1.165, 1.54) is 6.07 Å². The van der Waals surface area contributed by atoms with Crippen LogP contribution in [-0.4, -0.2) is 11.8 Å². The number of hydrogen-bond acceptors (Lipinski definition) is 2. The van der Waals surface area contributed by atoms with Crippen molar-refractivity contribution in [3.63, 3.8) is 0 Å². The van der Waals surface area contributed by atoms with Gasteiger partial charge in [0.15, 0.2) is 11.6 Å². The lowest BCUT2D eigenvalue weighted by atomic mass is 10.1. The molecule has 0 heterocycles. The smallest absolute Gasteiger partial charge is 0.252 e. The first-order valence-corrected chi connectivity index (χ1v) is 8.21. The summed E-state index contributed by atoms with van der Waals surface area (Å²) in [5.74, 6) is -3.08. The van der Waals surface area contributed by atoms with Crippen LogP contribution in [0, 0.1) is 11.6 Å². The molecule has 136 valence electrons. The maximum atomic E-state index is 13.4. The van der Waals surface area contributed by atoms with E-state index in [0.717, 1.165) is 12.1 Å². The van der Waals surface area contributed by atoms with E-state index in [1.54, 1.807) is 60.7 Å². The Morgan fingerprint density at radius 2 is 1.41 bits per heavy atom. The van der Waals surface area contributed by atoms with Crippen LogP contribution in [0.3, 0.4) is 0 Å². The van der Waals surface area contributed by atoms with E-state index in [-0.39, 0.29) is 5.69 Å². The van der Waals surface area contributed by atoms with Gasteiger partial charge in [-0.05, 0) is 29.8 Å². The lowest BCUT2D eigenvalue weighted by molar-refractivity contribution is -0.118. The molecule has 6 heteroatoms. The number of hydrogen-bond donors (Lipinski definition) is 2. The zero-order valence-electron chi connectivity index (χ0n) is 14.2. The van der Waals surface area contributed by atoms with Crippen molar-refractivity contribution in [2.45, 2.75) is 6.04 Å². The quantitative estimate of drug-likeness (QED) is 0.715. The molecule has 2 N–H and O–H groups in total. The first-order valence-electron chi connectivity index (χ1n) is 8.21. The minimum atomic E-state index is -1.07. The number of nitrogens with one attached hydrogen (secondary N) is 2. The topological polar surface area (TPSA) is 58.2 Å². The fourth-order valence-corrected chi connectivity index (χ4v) is 2.54. The zero-order valence-corrected chi connectivity index (χ0v) is 14.2. The average Bonchev–Trinajstić information content (AvgIpc) is 2.70. The summed E-state index contributed by atoms with van der Waals surface area (Å²) in [5, 5.41) is 5.18. The third-order valence-corrected chi connectivity index (χ3v) is 3.89. The van der Waals surface area contributed by atoms with Crippen LogP contribution in [0.4, 0.5) is 14.5 Å². The van der Waals surface area contributed by atoms with Gasteiger partial charge in [-0.2, -0.15) is 0 Å². The van der Waals surface area contributed by atoms with Crippen molar-refractivity contribution < 1.29 is 18.4 Å². The molecule has 1 atom stereocenters. The van der Waals surface area contributed by atoms with E-state index >= 15 is 0 Å². The predicted molar refractivity (Wildman–Crippen MR) is 98.1 cm³/mol. The molecule has 0 saturated heterocycles. The maximum absolute atomic E-state index is 13.4. The Hall–Kier alpha value is -3.54. The molecular weight excluding hydrogens is 350 g/mol. The fourth-order valence-electron chi connectivity index (χ4n) is 2.54. The van der Waals surface area contributed by atoms with Gasteiger partial charge in [-0.3, -0.25) is 9.59 Å². The average molecular weight is 366 g/mol. The normalized spacial score (nSPS) is 11.5. The molecule has 0 spiro atoms. The van der Waals surface area contributed by atoms with Crippen LogP contribution >= 0.6 is 0 Å². The largest absolute Gasteiger partial charge is 0.336 e. The molecule has 0 aromatic heterocycles. The van der Waals surface area contributed by atoms with Crippen molar-refractivity contribution in [2.75, 3.05) is 5.32 Å². The van der Waals surface area contributed by atoms with Crippen molar-refractivity contribution in [1.29, 1.82) is 0 Å². The molecule has 27 heavy (non-hydrogen) atoms. The molecule has 1 unspecified atom stereocenters. The van der Waals surface area contributed by atoms with Crippen molar-refractivity contribution in [3.05, 3.63) is 102 Å². The van der Waals surface area contributed by atoms with E-state index in [9.17, 15) is 18.4 Å². The van der Waals surface area contributed by atoms with Gasteiger partial charge in [0.25, 0.3) is 11.8 Å². The van der Waals surface area contributed by atoms with E-state index < -0.39 is 29.5 Å². The van der Waals surface area contributed by atoms with Crippen molar-refractivity contribution in [2.24, 2.45) is 0 Å². The highest BCUT2D eigenvalue weighted by molar-refractivity contribution is 6.01. The van der Waals surface area contributed by atoms with Gasteiger partial charge in [-0.1, -0.05) is 48.5 Å². The number of halogens is 2. The second kappa shape index (κ2) is 8.23. The maximum Gasteiger partial charge on any atom is 0.252 e. The van der Waals surface area contributed by atoms with Crippen molar-refractivity contribution in [1.82, 2.24) is 5.32 Å². The van der Waals surface area contributed by atoms with Crippen molar-refractivity contribution >= 4 is 17.5 Å². The summed E-state index contributed by atoms with van der Waals surface area (Å²) in [6.45, 7) is 0. The van der Waals surface area contributed by atoms with Crippen LogP contribution in [-0.2, 0) is 4.79 Å². The number of carbonyl (C=O) groups excluding carboxylic acids is 2. The third kappa shape index (κ3) is 4.55. The van der Waals surface area contributed by atoms with Crippen LogP contribution in [0.1, 0.15) is 22.0 Å². The highest BCUT2D eigenvalue weighted by atomic mass is 19.2. The molecule has 0 aliphatic rings. The lowest BCUT2D eigenvalue weighted by Gasteiger charge is -2.19. The third-order valence-electron chi connectivity index (χ3n) is 3.89. The summed E-state index contributed by atoms with van der Waals surface area (Å²) < 4.78 is 26.5.